The van der Waals surface area contributed by atoms with E-state index < -0.39 is 0 Å². The van der Waals surface area contributed by atoms with Gasteiger partial charge in [0, 0.05) is 23.9 Å². The minimum absolute atomic E-state index is 0.740. The molecule has 2 heteroatoms. The van der Waals surface area contributed by atoms with Crippen molar-refractivity contribution in [2.24, 2.45) is 0 Å². The Balaban J connectivity index is 1.82. The van der Waals surface area contributed by atoms with Gasteiger partial charge in [0.2, 0.25) is 0 Å². The molecule has 0 aromatic heterocycles. The molecule has 0 saturated carbocycles. The van der Waals surface area contributed by atoms with Crippen LogP contribution in [0.25, 0.3) is 0 Å². The minimum Gasteiger partial charge on any atom is -0.298 e. The first-order valence-corrected chi connectivity index (χ1v) is 5.08. The summed E-state index contributed by atoms with van der Waals surface area (Å²) in [6.07, 6.45) is 1.47. The lowest BCUT2D eigenvalue weighted by Gasteiger charge is -2.56. The van der Waals surface area contributed by atoms with Gasteiger partial charge in [0.1, 0.15) is 0 Å². The Morgan fingerprint density at radius 3 is 2.30 bits per heavy atom. The van der Waals surface area contributed by atoms with E-state index in [1.807, 2.05) is 0 Å². The molecule has 0 aromatic carbocycles. The standard InChI is InChI=1S/C8H15NS/c1-7(2)9-5-8(6-9)3-4-10-8/h7H,3-6H2,1-2H3. The Hall–Kier alpha value is 0.310. The summed E-state index contributed by atoms with van der Waals surface area (Å²) in [6, 6.07) is 0.770. The lowest BCUT2D eigenvalue weighted by molar-refractivity contribution is 0.0824. The quantitative estimate of drug-likeness (QED) is 0.568. The van der Waals surface area contributed by atoms with Crippen LogP contribution in [0, 0.1) is 0 Å². The fourth-order valence-corrected chi connectivity index (χ4v) is 2.99. The maximum Gasteiger partial charge on any atom is 0.0421 e. The Kier molecular flexibility index (Phi) is 1.50. The molecular formula is C8H15NS. The first-order valence-electron chi connectivity index (χ1n) is 4.10. The van der Waals surface area contributed by atoms with Gasteiger partial charge in [-0.25, -0.2) is 0 Å². The number of hydrogen-bond donors (Lipinski definition) is 0. The second-order valence-electron chi connectivity index (χ2n) is 3.78. The van der Waals surface area contributed by atoms with E-state index in [1.54, 1.807) is 0 Å². The molecule has 1 spiro atoms. The normalized spacial score (nSPS) is 30.3. The molecule has 2 heterocycles. The predicted octanol–water partition coefficient (Wildman–Crippen LogP) is 1.59. The molecule has 0 aliphatic carbocycles. The van der Waals surface area contributed by atoms with Gasteiger partial charge in [-0.15, -0.1) is 0 Å². The fraction of sp³-hybridized carbons (Fsp3) is 1.00. The van der Waals surface area contributed by atoms with Crippen molar-refractivity contribution >= 4 is 11.8 Å². The Morgan fingerprint density at radius 2 is 2.00 bits per heavy atom. The molecular weight excluding hydrogens is 142 g/mol. The maximum atomic E-state index is 2.56. The Labute approximate surface area is 67.2 Å². The third-order valence-electron chi connectivity index (χ3n) is 2.68. The third kappa shape index (κ3) is 0.892. The van der Waals surface area contributed by atoms with Crippen LogP contribution >= 0.6 is 11.8 Å². The molecule has 58 valence electrons. The smallest absolute Gasteiger partial charge is 0.0421 e. The van der Waals surface area contributed by atoms with Crippen molar-refractivity contribution in [2.75, 3.05) is 18.8 Å². The SMILES string of the molecule is CC(C)N1CC2(CCS2)C1. The minimum atomic E-state index is 0.740. The lowest BCUT2D eigenvalue weighted by atomic mass is 9.93. The molecule has 0 N–H and O–H groups in total. The molecule has 10 heavy (non-hydrogen) atoms. The van der Waals surface area contributed by atoms with Crippen LogP contribution in [0.1, 0.15) is 20.3 Å². The van der Waals surface area contributed by atoms with Crippen molar-refractivity contribution in [1.29, 1.82) is 0 Å². The van der Waals surface area contributed by atoms with Gasteiger partial charge in [-0.05, 0) is 26.0 Å². The number of rotatable bonds is 1. The lowest BCUT2D eigenvalue weighted by Crippen LogP contribution is -2.65. The van der Waals surface area contributed by atoms with Crippen LogP contribution in [-0.4, -0.2) is 34.5 Å². The molecule has 0 radical (unpaired) electrons. The first kappa shape index (κ1) is 6.99. The summed E-state index contributed by atoms with van der Waals surface area (Å²) in [4.78, 5) is 2.56. The average molecular weight is 157 g/mol. The highest BCUT2D eigenvalue weighted by atomic mass is 32.2. The fourth-order valence-electron chi connectivity index (χ4n) is 1.70. The van der Waals surface area contributed by atoms with Crippen molar-refractivity contribution in [3.63, 3.8) is 0 Å². The van der Waals surface area contributed by atoms with E-state index >= 15 is 0 Å². The van der Waals surface area contributed by atoms with Crippen LogP contribution in [0.5, 0.6) is 0 Å². The monoisotopic (exact) mass is 157 g/mol. The second kappa shape index (κ2) is 2.15. The van der Waals surface area contributed by atoms with Gasteiger partial charge in [-0.3, -0.25) is 4.90 Å². The van der Waals surface area contributed by atoms with Gasteiger partial charge in [-0.1, -0.05) is 0 Å². The van der Waals surface area contributed by atoms with Gasteiger partial charge in [0.15, 0.2) is 0 Å². The van der Waals surface area contributed by atoms with E-state index in [9.17, 15) is 0 Å². The highest BCUT2D eigenvalue weighted by molar-refractivity contribution is 8.02. The molecule has 2 rings (SSSR count). The van der Waals surface area contributed by atoms with Crippen molar-refractivity contribution in [1.82, 2.24) is 4.90 Å². The zero-order valence-corrected chi connectivity index (χ0v) is 7.58. The summed E-state index contributed by atoms with van der Waals surface area (Å²) in [6.45, 7) is 7.29. The summed E-state index contributed by atoms with van der Waals surface area (Å²) >= 11 is 2.17. The van der Waals surface area contributed by atoms with E-state index in [4.69, 9.17) is 0 Å². The second-order valence-corrected chi connectivity index (χ2v) is 5.34. The van der Waals surface area contributed by atoms with E-state index in [1.165, 1.54) is 25.3 Å². The summed E-state index contributed by atoms with van der Waals surface area (Å²) < 4.78 is 0.740. The largest absolute Gasteiger partial charge is 0.298 e. The van der Waals surface area contributed by atoms with E-state index in [0.29, 0.717) is 0 Å². The van der Waals surface area contributed by atoms with E-state index in [2.05, 4.69) is 30.5 Å². The number of likely N-dealkylation sites (tertiary alicyclic amines) is 1. The molecule has 0 unspecified atom stereocenters. The molecule has 2 fully saturated rings. The number of nitrogens with zero attached hydrogens (tertiary/aromatic N) is 1. The summed E-state index contributed by atoms with van der Waals surface area (Å²) in [5.74, 6) is 1.41. The Morgan fingerprint density at radius 1 is 1.40 bits per heavy atom. The van der Waals surface area contributed by atoms with E-state index in [0.717, 1.165) is 10.8 Å². The molecule has 2 saturated heterocycles. The molecule has 2 aliphatic heterocycles. The molecule has 0 aromatic rings. The highest BCUT2D eigenvalue weighted by Gasteiger charge is 2.48. The Bertz CT molecular complexity index is 132. The van der Waals surface area contributed by atoms with Gasteiger partial charge in [-0.2, -0.15) is 11.8 Å². The van der Waals surface area contributed by atoms with Crippen molar-refractivity contribution < 1.29 is 0 Å². The van der Waals surface area contributed by atoms with Crippen LogP contribution < -0.4 is 0 Å². The third-order valence-corrected chi connectivity index (χ3v) is 4.16. The van der Waals surface area contributed by atoms with Crippen molar-refractivity contribution in [2.45, 2.75) is 31.1 Å². The van der Waals surface area contributed by atoms with Crippen LogP contribution in [-0.2, 0) is 0 Å². The summed E-state index contributed by atoms with van der Waals surface area (Å²) in [5, 5.41) is 0. The average Bonchev–Trinajstić information content (AvgIpc) is 1.54. The van der Waals surface area contributed by atoms with E-state index in [-0.39, 0.29) is 0 Å². The molecule has 1 nitrogen and oxygen atoms in total. The van der Waals surface area contributed by atoms with Gasteiger partial charge in [0.05, 0.1) is 0 Å². The molecule has 0 bridgehead atoms. The summed E-state index contributed by atoms with van der Waals surface area (Å²) in [7, 11) is 0. The summed E-state index contributed by atoms with van der Waals surface area (Å²) in [5.41, 5.74) is 0. The topological polar surface area (TPSA) is 3.24 Å². The highest BCUT2D eigenvalue weighted by Crippen LogP contribution is 2.47. The van der Waals surface area contributed by atoms with Gasteiger partial charge in [0.25, 0.3) is 0 Å². The molecule has 0 atom stereocenters. The molecule has 0 amide bonds. The van der Waals surface area contributed by atoms with Crippen LogP contribution in [0.2, 0.25) is 0 Å². The van der Waals surface area contributed by atoms with Crippen LogP contribution in [0.15, 0.2) is 0 Å². The van der Waals surface area contributed by atoms with Crippen LogP contribution in [0.4, 0.5) is 0 Å². The first-order chi connectivity index (χ1) is 4.72. The zero-order chi connectivity index (χ0) is 7.19. The van der Waals surface area contributed by atoms with Crippen molar-refractivity contribution in [3.05, 3.63) is 0 Å². The number of thioether (sulfide) groups is 1. The number of hydrogen-bond acceptors (Lipinski definition) is 2. The van der Waals surface area contributed by atoms with Crippen molar-refractivity contribution in [3.8, 4) is 0 Å². The van der Waals surface area contributed by atoms with Crippen LogP contribution in [0.3, 0.4) is 0 Å². The maximum absolute atomic E-state index is 2.56. The molecule has 2 aliphatic rings. The predicted molar refractivity (Wildman–Crippen MR) is 46.5 cm³/mol. The zero-order valence-electron chi connectivity index (χ0n) is 6.76. The van der Waals surface area contributed by atoms with Gasteiger partial charge < -0.3 is 0 Å². The van der Waals surface area contributed by atoms with Gasteiger partial charge >= 0.3 is 0 Å².